The van der Waals surface area contributed by atoms with E-state index in [2.05, 4.69) is 40.4 Å². The molecule has 1 aromatic carbocycles. The molecule has 0 saturated carbocycles. The lowest BCUT2D eigenvalue weighted by molar-refractivity contribution is -0.123. The number of nitrogens with zero attached hydrogens (tertiary/aromatic N) is 5. The first-order valence-corrected chi connectivity index (χ1v) is 12.0. The number of aromatic nitrogens is 7. The number of pyridine rings is 3. The monoisotopic (exact) mass is 506 g/mol. The average molecular weight is 507 g/mol. The van der Waals surface area contributed by atoms with Crippen LogP contribution in [-0.4, -0.2) is 41.0 Å². The van der Waals surface area contributed by atoms with Crippen molar-refractivity contribution in [2.45, 2.75) is 20.8 Å². The van der Waals surface area contributed by atoms with E-state index in [1.165, 1.54) is 6.20 Å². The highest BCUT2D eigenvalue weighted by molar-refractivity contribution is 5.98. The minimum absolute atomic E-state index is 0.159. The van der Waals surface area contributed by atoms with Crippen LogP contribution in [0.3, 0.4) is 0 Å². The standard InChI is InChI=1S/C28H23FN8O/c1-28(2,3)27(38)33-16-12-15(13-30-14-16)17-7-8-20-21(22(17)29)24(37-36-20)26-34-23-18(9-11-32-25(23)35-26)19-6-4-5-10-31-19/h4-14H,1-3H3,(H,33,38)(H,36,37)(H,32,34,35). The first kappa shape index (κ1) is 23.4. The van der Waals surface area contributed by atoms with Crippen molar-refractivity contribution in [1.29, 1.82) is 0 Å². The SMILES string of the molecule is CC(C)(C)C(=O)Nc1cncc(-c2ccc3[nH]nc(-c4nc5nccc(-c6ccccn6)c5[nH]4)c3c2F)c1. The molecule has 0 aliphatic heterocycles. The van der Waals surface area contributed by atoms with E-state index < -0.39 is 11.2 Å². The van der Waals surface area contributed by atoms with Gasteiger partial charge in [0.05, 0.1) is 34.0 Å². The molecule has 0 fully saturated rings. The Balaban J connectivity index is 1.44. The smallest absolute Gasteiger partial charge is 0.229 e. The summed E-state index contributed by atoms with van der Waals surface area (Å²) in [5.74, 6) is -0.263. The highest BCUT2D eigenvalue weighted by Gasteiger charge is 2.23. The summed E-state index contributed by atoms with van der Waals surface area (Å²) in [6, 6.07) is 12.6. The molecule has 0 aliphatic rings. The zero-order valence-electron chi connectivity index (χ0n) is 20.9. The first-order chi connectivity index (χ1) is 18.3. The summed E-state index contributed by atoms with van der Waals surface area (Å²) in [5.41, 5.74) is 4.34. The highest BCUT2D eigenvalue weighted by Crippen LogP contribution is 2.35. The minimum Gasteiger partial charge on any atom is -0.335 e. The van der Waals surface area contributed by atoms with Gasteiger partial charge in [-0.1, -0.05) is 26.8 Å². The van der Waals surface area contributed by atoms with Crippen LogP contribution < -0.4 is 5.32 Å². The third-order valence-electron chi connectivity index (χ3n) is 6.21. The molecule has 6 rings (SSSR count). The molecule has 0 unspecified atom stereocenters. The number of nitrogens with one attached hydrogen (secondary N) is 3. The molecule has 0 saturated heterocycles. The second-order valence-corrected chi connectivity index (χ2v) is 9.95. The van der Waals surface area contributed by atoms with Gasteiger partial charge in [0, 0.05) is 40.7 Å². The van der Waals surface area contributed by atoms with Crippen LogP contribution in [0.5, 0.6) is 0 Å². The summed E-state index contributed by atoms with van der Waals surface area (Å²) < 4.78 is 16.1. The Labute approximate surface area is 216 Å². The molecule has 0 aliphatic carbocycles. The zero-order valence-corrected chi connectivity index (χ0v) is 20.9. The van der Waals surface area contributed by atoms with Gasteiger partial charge in [0.15, 0.2) is 11.5 Å². The summed E-state index contributed by atoms with van der Waals surface area (Å²) in [5, 5.41) is 10.4. The molecule has 10 heteroatoms. The quantitative estimate of drug-likeness (QED) is 0.280. The maximum Gasteiger partial charge on any atom is 0.229 e. The van der Waals surface area contributed by atoms with Crippen LogP contribution in [0.2, 0.25) is 0 Å². The van der Waals surface area contributed by atoms with E-state index in [0.29, 0.717) is 45.0 Å². The lowest BCUT2D eigenvalue weighted by Crippen LogP contribution is -2.27. The number of halogens is 1. The van der Waals surface area contributed by atoms with Gasteiger partial charge < -0.3 is 10.3 Å². The van der Waals surface area contributed by atoms with E-state index in [9.17, 15) is 4.79 Å². The normalized spacial score (nSPS) is 11.8. The number of fused-ring (bicyclic) bond motifs is 2. The van der Waals surface area contributed by atoms with E-state index in [1.807, 2.05) is 45.0 Å². The summed E-state index contributed by atoms with van der Waals surface area (Å²) >= 11 is 0. The van der Waals surface area contributed by atoms with Crippen molar-refractivity contribution in [3.05, 3.63) is 73.1 Å². The number of benzene rings is 1. The van der Waals surface area contributed by atoms with Crippen molar-refractivity contribution in [3.8, 4) is 33.9 Å². The molecule has 3 N–H and O–H groups in total. The Morgan fingerprint density at radius 2 is 1.87 bits per heavy atom. The second-order valence-electron chi connectivity index (χ2n) is 9.95. The lowest BCUT2D eigenvalue weighted by Gasteiger charge is -2.17. The number of carbonyl (C=O) groups is 1. The fourth-order valence-corrected chi connectivity index (χ4v) is 4.20. The maximum atomic E-state index is 16.1. The number of rotatable bonds is 4. The third kappa shape index (κ3) is 4.05. The fourth-order valence-electron chi connectivity index (χ4n) is 4.20. The van der Waals surface area contributed by atoms with Gasteiger partial charge in [0.1, 0.15) is 11.5 Å². The molecule has 1 amide bonds. The summed E-state index contributed by atoms with van der Waals surface area (Å²) in [6.07, 6.45) is 6.47. The van der Waals surface area contributed by atoms with E-state index in [1.54, 1.807) is 36.8 Å². The molecular weight excluding hydrogens is 483 g/mol. The molecule has 6 aromatic rings. The van der Waals surface area contributed by atoms with Crippen LogP contribution in [-0.2, 0) is 4.79 Å². The van der Waals surface area contributed by atoms with Crippen LogP contribution >= 0.6 is 0 Å². The molecule has 38 heavy (non-hydrogen) atoms. The number of hydrogen-bond acceptors (Lipinski definition) is 6. The van der Waals surface area contributed by atoms with Crippen molar-refractivity contribution < 1.29 is 9.18 Å². The lowest BCUT2D eigenvalue weighted by atomic mass is 9.95. The Morgan fingerprint density at radius 3 is 2.66 bits per heavy atom. The molecule has 0 atom stereocenters. The van der Waals surface area contributed by atoms with Gasteiger partial charge in [-0.25, -0.2) is 14.4 Å². The Bertz CT molecular complexity index is 1820. The van der Waals surface area contributed by atoms with Gasteiger partial charge in [-0.05, 0) is 36.4 Å². The number of anilines is 1. The van der Waals surface area contributed by atoms with Crippen molar-refractivity contribution in [3.63, 3.8) is 0 Å². The summed E-state index contributed by atoms with van der Waals surface area (Å²) in [4.78, 5) is 33.3. The molecule has 0 bridgehead atoms. The number of carbonyl (C=O) groups excluding carboxylic acids is 1. The zero-order chi connectivity index (χ0) is 26.4. The number of H-pyrrole nitrogens is 2. The third-order valence-corrected chi connectivity index (χ3v) is 6.21. The van der Waals surface area contributed by atoms with E-state index in [-0.39, 0.29) is 11.3 Å². The number of hydrogen-bond donors (Lipinski definition) is 3. The molecule has 188 valence electrons. The Kier molecular flexibility index (Phi) is 5.45. The predicted molar refractivity (Wildman–Crippen MR) is 143 cm³/mol. The van der Waals surface area contributed by atoms with Crippen molar-refractivity contribution >= 4 is 33.7 Å². The summed E-state index contributed by atoms with van der Waals surface area (Å²) in [7, 11) is 0. The van der Waals surface area contributed by atoms with Gasteiger partial charge in [0.25, 0.3) is 0 Å². The molecule has 9 nitrogen and oxygen atoms in total. The maximum absolute atomic E-state index is 16.1. The van der Waals surface area contributed by atoms with Crippen molar-refractivity contribution in [1.82, 2.24) is 35.1 Å². The van der Waals surface area contributed by atoms with E-state index >= 15 is 4.39 Å². The topological polar surface area (TPSA) is 125 Å². The molecule has 5 aromatic heterocycles. The molecule has 0 spiro atoms. The van der Waals surface area contributed by atoms with Crippen LogP contribution in [0.4, 0.5) is 10.1 Å². The Hall–Kier alpha value is -4.99. The highest BCUT2D eigenvalue weighted by atomic mass is 19.1. The fraction of sp³-hybridized carbons (Fsp3) is 0.143. The minimum atomic E-state index is -0.580. The summed E-state index contributed by atoms with van der Waals surface area (Å²) in [6.45, 7) is 5.46. The number of amides is 1. The second kappa shape index (κ2) is 8.84. The van der Waals surface area contributed by atoms with Gasteiger partial charge in [-0.2, -0.15) is 5.10 Å². The van der Waals surface area contributed by atoms with Gasteiger partial charge in [-0.15, -0.1) is 0 Å². The number of aromatic amines is 2. The predicted octanol–water partition coefficient (Wildman–Crippen LogP) is 5.75. The van der Waals surface area contributed by atoms with Gasteiger partial charge in [0.2, 0.25) is 5.91 Å². The molecule has 0 radical (unpaired) electrons. The van der Waals surface area contributed by atoms with Gasteiger partial charge in [-0.3, -0.25) is 19.9 Å². The molecule has 5 heterocycles. The van der Waals surface area contributed by atoms with Crippen LogP contribution in [0.15, 0.2) is 67.3 Å². The van der Waals surface area contributed by atoms with Crippen molar-refractivity contribution in [2.75, 3.05) is 5.32 Å². The van der Waals surface area contributed by atoms with Crippen LogP contribution in [0.1, 0.15) is 20.8 Å². The van der Waals surface area contributed by atoms with E-state index in [0.717, 1.165) is 11.3 Å². The van der Waals surface area contributed by atoms with E-state index in [4.69, 9.17) is 0 Å². The van der Waals surface area contributed by atoms with Crippen molar-refractivity contribution in [2.24, 2.45) is 5.41 Å². The average Bonchev–Trinajstić information content (AvgIpc) is 3.54. The number of imidazole rings is 1. The Morgan fingerprint density at radius 1 is 1.00 bits per heavy atom. The largest absolute Gasteiger partial charge is 0.335 e. The molecular formula is C28H23FN8O. The van der Waals surface area contributed by atoms with Crippen LogP contribution in [0.25, 0.3) is 56.0 Å². The van der Waals surface area contributed by atoms with Gasteiger partial charge >= 0.3 is 0 Å². The van der Waals surface area contributed by atoms with Crippen LogP contribution in [0, 0.1) is 11.2 Å². The first-order valence-electron chi connectivity index (χ1n) is 12.0.